The van der Waals surface area contributed by atoms with Gasteiger partial charge in [0.15, 0.2) is 5.49 Å². The van der Waals surface area contributed by atoms with E-state index >= 15 is 0 Å². The SMILES string of the molecule is O=P(=O)CS(=O)(=O)F. The van der Waals surface area contributed by atoms with Gasteiger partial charge < -0.3 is 0 Å². The van der Waals surface area contributed by atoms with E-state index in [0.717, 1.165) is 0 Å². The van der Waals surface area contributed by atoms with Crippen molar-refractivity contribution < 1.29 is 21.4 Å². The van der Waals surface area contributed by atoms with Gasteiger partial charge in [0.05, 0.1) is 0 Å². The highest BCUT2D eigenvalue weighted by Crippen LogP contribution is 2.08. The Morgan fingerprint density at radius 2 is 1.75 bits per heavy atom. The number of hydrogen-bond donors (Lipinski definition) is 0. The van der Waals surface area contributed by atoms with Gasteiger partial charge in [0, 0.05) is 0 Å². The van der Waals surface area contributed by atoms with Crippen LogP contribution in [0.4, 0.5) is 3.89 Å². The molecule has 0 bridgehead atoms. The Morgan fingerprint density at radius 3 is 1.75 bits per heavy atom. The second-order valence-electron chi connectivity index (χ2n) is 1.00. The highest BCUT2D eigenvalue weighted by atomic mass is 32.3. The molecule has 0 rings (SSSR count). The molecule has 8 heavy (non-hydrogen) atoms. The molecule has 0 heterocycles. The van der Waals surface area contributed by atoms with Gasteiger partial charge >= 0.3 is 17.9 Å². The van der Waals surface area contributed by atoms with Gasteiger partial charge in [-0.3, -0.25) is 0 Å². The maximum absolute atomic E-state index is 11.2. The third-order valence-electron chi connectivity index (χ3n) is 0.260. The van der Waals surface area contributed by atoms with Crippen molar-refractivity contribution in [2.45, 2.75) is 0 Å². The fourth-order valence-corrected chi connectivity index (χ4v) is 1.13. The summed E-state index contributed by atoms with van der Waals surface area (Å²) in [5.74, 6) is 0. The zero-order chi connectivity index (χ0) is 6.78. The van der Waals surface area contributed by atoms with E-state index in [0.29, 0.717) is 0 Å². The molecule has 4 nitrogen and oxygen atoms in total. The van der Waals surface area contributed by atoms with Gasteiger partial charge in [-0.1, -0.05) is 0 Å². The maximum Gasteiger partial charge on any atom is 0.333 e. The van der Waals surface area contributed by atoms with Gasteiger partial charge in [-0.2, -0.15) is 8.42 Å². The smallest absolute Gasteiger partial charge is 0.236 e. The summed E-state index contributed by atoms with van der Waals surface area (Å²) in [6, 6.07) is 0. The average Bonchev–Trinajstić information content (AvgIpc) is 1.21. The lowest BCUT2D eigenvalue weighted by Gasteiger charge is -1.75. The molecule has 48 valence electrons. The molecule has 0 atom stereocenters. The molecule has 0 unspecified atom stereocenters. The second-order valence-corrected chi connectivity index (χ2v) is 3.78. The van der Waals surface area contributed by atoms with Crippen LogP contribution in [0.2, 0.25) is 0 Å². The van der Waals surface area contributed by atoms with Crippen LogP contribution in [-0.4, -0.2) is 13.9 Å². The molecule has 0 radical (unpaired) electrons. The van der Waals surface area contributed by atoms with Crippen LogP contribution in [0.3, 0.4) is 0 Å². The summed E-state index contributed by atoms with van der Waals surface area (Å²) < 4.78 is 48.9. The van der Waals surface area contributed by atoms with Crippen LogP contribution in [0.15, 0.2) is 0 Å². The summed E-state index contributed by atoms with van der Waals surface area (Å²) in [5.41, 5.74) is -1.41. The fourth-order valence-electron chi connectivity index (χ4n) is 0.126. The van der Waals surface area contributed by atoms with Gasteiger partial charge in [-0.25, -0.2) is 9.13 Å². The van der Waals surface area contributed by atoms with E-state index < -0.39 is 23.4 Å². The molecule has 0 aromatic heterocycles. The fraction of sp³-hybridized carbons (Fsp3) is 1.00. The van der Waals surface area contributed by atoms with Crippen LogP contribution in [0, 0.1) is 0 Å². The van der Waals surface area contributed by atoms with Crippen LogP contribution in [0.1, 0.15) is 0 Å². The summed E-state index contributed by atoms with van der Waals surface area (Å²) in [7, 11) is -7.97. The van der Waals surface area contributed by atoms with Crippen LogP contribution in [0.5, 0.6) is 0 Å². The Labute approximate surface area is 45.7 Å². The van der Waals surface area contributed by atoms with Crippen LogP contribution < -0.4 is 0 Å². The quantitative estimate of drug-likeness (QED) is 0.433. The van der Waals surface area contributed by atoms with Crippen molar-refractivity contribution in [1.82, 2.24) is 0 Å². The minimum atomic E-state index is -4.82. The van der Waals surface area contributed by atoms with Gasteiger partial charge in [-0.05, 0) is 0 Å². The Balaban J connectivity index is 4.16. The molecule has 0 aliphatic rings. The third-order valence-corrected chi connectivity index (χ3v) is 2.34. The summed E-state index contributed by atoms with van der Waals surface area (Å²) in [4.78, 5) is 0. The van der Waals surface area contributed by atoms with E-state index in [-0.39, 0.29) is 0 Å². The molecule has 0 aromatic carbocycles. The summed E-state index contributed by atoms with van der Waals surface area (Å²) >= 11 is 0. The maximum atomic E-state index is 11.2. The molecule has 0 amide bonds. The van der Waals surface area contributed by atoms with Crippen molar-refractivity contribution in [2.75, 3.05) is 5.49 Å². The van der Waals surface area contributed by atoms with Crippen molar-refractivity contribution in [3.8, 4) is 0 Å². The molecule has 7 heteroatoms. The van der Waals surface area contributed by atoms with Gasteiger partial charge in [0.1, 0.15) is 0 Å². The molecule has 0 aromatic rings. The monoisotopic (exact) mass is 160 g/mol. The van der Waals surface area contributed by atoms with E-state index in [2.05, 4.69) is 0 Å². The summed E-state index contributed by atoms with van der Waals surface area (Å²) in [6.07, 6.45) is 0. The number of rotatable bonds is 2. The standard InChI is InChI=1S/CH2FO4PS/c2-8(5,6)1-7(3)4/h1H2. The zero-order valence-electron chi connectivity index (χ0n) is 3.57. The van der Waals surface area contributed by atoms with Crippen molar-refractivity contribution >= 4 is 17.9 Å². The van der Waals surface area contributed by atoms with Crippen molar-refractivity contribution in [1.29, 1.82) is 0 Å². The Hall–Kier alpha value is -0.220. The van der Waals surface area contributed by atoms with E-state index in [1.807, 2.05) is 0 Å². The predicted octanol–water partition coefficient (Wildman–Crippen LogP) is 0.416. The lowest BCUT2D eigenvalue weighted by Crippen LogP contribution is -1.89. The molecule has 0 spiro atoms. The molecule has 0 N–H and O–H groups in total. The van der Waals surface area contributed by atoms with Crippen molar-refractivity contribution in [3.63, 3.8) is 0 Å². The van der Waals surface area contributed by atoms with Gasteiger partial charge in [0.2, 0.25) is 0 Å². The van der Waals surface area contributed by atoms with E-state index in [4.69, 9.17) is 0 Å². The van der Waals surface area contributed by atoms with Crippen LogP contribution in [-0.2, 0) is 19.4 Å². The minimum absolute atomic E-state index is 1.41. The Bertz CT molecular complexity index is 216. The Morgan fingerprint density at radius 1 is 1.38 bits per heavy atom. The molecular weight excluding hydrogens is 158 g/mol. The molecule has 0 aliphatic heterocycles. The molecule has 0 saturated carbocycles. The number of halogens is 1. The van der Waals surface area contributed by atoms with Crippen LogP contribution >= 0.6 is 7.68 Å². The molecule has 0 fully saturated rings. The normalized spacial score (nSPS) is 11.1. The van der Waals surface area contributed by atoms with Crippen LogP contribution in [0.25, 0.3) is 0 Å². The molecular formula is CH2FO4PS. The van der Waals surface area contributed by atoms with E-state index in [1.165, 1.54) is 0 Å². The summed E-state index contributed by atoms with van der Waals surface area (Å²) in [6.45, 7) is 0. The number of hydrogen-bond acceptors (Lipinski definition) is 4. The second kappa shape index (κ2) is 2.37. The van der Waals surface area contributed by atoms with Crippen molar-refractivity contribution in [3.05, 3.63) is 0 Å². The predicted molar refractivity (Wildman–Crippen MR) is 23.2 cm³/mol. The zero-order valence-corrected chi connectivity index (χ0v) is 5.28. The van der Waals surface area contributed by atoms with E-state index in [1.54, 1.807) is 0 Å². The van der Waals surface area contributed by atoms with Gasteiger partial charge in [0.25, 0.3) is 0 Å². The first kappa shape index (κ1) is 7.78. The lowest BCUT2D eigenvalue weighted by atomic mass is 11.9. The summed E-state index contributed by atoms with van der Waals surface area (Å²) in [5, 5.41) is 0. The highest BCUT2D eigenvalue weighted by Gasteiger charge is 2.09. The van der Waals surface area contributed by atoms with Gasteiger partial charge in [-0.15, -0.1) is 3.89 Å². The third kappa shape index (κ3) is 5.78. The Kier molecular flexibility index (Phi) is 2.30. The highest BCUT2D eigenvalue weighted by molar-refractivity contribution is 7.91. The molecule has 0 aliphatic carbocycles. The first-order valence-electron chi connectivity index (χ1n) is 1.46. The molecule has 0 saturated heterocycles. The lowest BCUT2D eigenvalue weighted by molar-refractivity contribution is 0.515. The minimum Gasteiger partial charge on any atom is -0.236 e. The van der Waals surface area contributed by atoms with Crippen molar-refractivity contribution in [2.24, 2.45) is 0 Å². The first-order valence-corrected chi connectivity index (χ1v) is 4.37. The van der Waals surface area contributed by atoms with E-state index in [9.17, 15) is 21.4 Å². The topological polar surface area (TPSA) is 68.3 Å². The largest absolute Gasteiger partial charge is 0.333 e. The first-order chi connectivity index (χ1) is 3.42. The average molecular weight is 160 g/mol.